The maximum absolute atomic E-state index is 6.63. The third-order valence-electron chi connectivity index (χ3n) is 3.99. The molecule has 0 amide bonds. The molecular weight excluding hydrogens is 194 g/mol. The summed E-state index contributed by atoms with van der Waals surface area (Å²) in [4.78, 5) is 0. The summed E-state index contributed by atoms with van der Waals surface area (Å²) in [5.74, 6) is 0. The van der Waals surface area contributed by atoms with Gasteiger partial charge in [0.25, 0.3) is 0 Å². The summed E-state index contributed by atoms with van der Waals surface area (Å²) in [6.45, 7) is 4.47. The van der Waals surface area contributed by atoms with E-state index in [4.69, 9.17) is 5.73 Å². The number of aryl methyl sites for hydroxylation is 2. The molecule has 0 unspecified atom stereocenters. The van der Waals surface area contributed by atoms with Crippen molar-refractivity contribution in [2.75, 3.05) is 0 Å². The first-order valence-electron chi connectivity index (χ1n) is 6.61. The van der Waals surface area contributed by atoms with Crippen LogP contribution < -0.4 is 5.73 Å². The van der Waals surface area contributed by atoms with E-state index in [-0.39, 0.29) is 5.54 Å². The first-order chi connectivity index (χ1) is 7.71. The Bertz CT molecular complexity index is 339. The molecule has 1 saturated carbocycles. The summed E-state index contributed by atoms with van der Waals surface area (Å²) >= 11 is 0. The summed E-state index contributed by atoms with van der Waals surface area (Å²) in [5, 5.41) is 0. The van der Waals surface area contributed by atoms with Crippen LogP contribution >= 0.6 is 0 Å². The van der Waals surface area contributed by atoms with Gasteiger partial charge in [-0.3, -0.25) is 0 Å². The van der Waals surface area contributed by atoms with E-state index in [9.17, 15) is 0 Å². The Morgan fingerprint density at radius 1 is 1.06 bits per heavy atom. The van der Waals surface area contributed by atoms with Gasteiger partial charge in [-0.25, -0.2) is 0 Å². The van der Waals surface area contributed by atoms with Gasteiger partial charge in [0.05, 0.1) is 0 Å². The molecule has 1 aromatic rings. The van der Waals surface area contributed by atoms with E-state index < -0.39 is 0 Å². The second-order valence-corrected chi connectivity index (χ2v) is 5.02. The van der Waals surface area contributed by atoms with Crippen LogP contribution in [-0.4, -0.2) is 0 Å². The van der Waals surface area contributed by atoms with E-state index in [1.807, 2.05) is 0 Å². The van der Waals surface area contributed by atoms with Crippen molar-refractivity contribution in [2.24, 2.45) is 5.73 Å². The van der Waals surface area contributed by atoms with E-state index in [0.29, 0.717) is 0 Å². The zero-order valence-corrected chi connectivity index (χ0v) is 10.6. The molecule has 88 valence electrons. The summed E-state index contributed by atoms with van der Waals surface area (Å²) in [6, 6.07) is 6.68. The normalized spacial score (nSPS) is 18.9. The van der Waals surface area contributed by atoms with E-state index in [2.05, 4.69) is 32.0 Å². The third-order valence-corrected chi connectivity index (χ3v) is 3.99. The second-order valence-electron chi connectivity index (χ2n) is 5.02. The molecule has 0 spiro atoms. The first kappa shape index (κ1) is 11.7. The van der Waals surface area contributed by atoms with E-state index in [1.165, 1.54) is 29.5 Å². The topological polar surface area (TPSA) is 26.0 Å². The maximum atomic E-state index is 6.63. The standard InChI is InChI=1S/C15H23N/c1-3-12-8-7-9-13(4-2)14(12)15(16)10-5-6-11-15/h7-9H,3-6,10-11,16H2,1-2H3. The van der Waals surface area contributed by atoms with Crippen molar-refractivity contribution in [2.45, 2.75) is 57.9 Å². The maximum Gasteiger partial charge on any atom is 0.0415 e. The Kier molecular flexibility index (Phi) is 3.34. The fourth-order valence-electron chi connectivity index (χ4n) is 3.14. The van der Waals surface area contributed by atoms with Crippen molar-refractivity contribution in [3.8, 4) is 0 Å². The van der Waals surface area contributed by atoms with Crippen molar-refractivity contribution in [3.63, 3.8) is 0 Å². The molecule has 0 atom stereocenters. The van der Waals surface area contributed by atoms with Gasteiger partial charge in [-0.1, -0.05) is 44.9 Å². The molecule has 1 fully saturated rings. The summed E-state index contributed by atoms with van der Waals surface area (Å²) < 4.78 is 0. The van der Waals surface area contributed by atoms with Crippen molar-refractivity contribution in [1.82, 2.24) is 0 Å². The fourth-order valence-corrected chi connectivity index (χ4v) is 3.14. The molecule has 1 aliphatic rings. The van der Waals surface area contributed by atoms with Crippen LogP contribution in [0, 0.1) is 0 Å². The van der Waals surface area contributed by atoms with E-state index in [1.54, 1.807) is 0 Å². The minimum absolute atomic E-state index is 0.0298. The molecule has 1 aliphatic carbocycles. The SMILES string of the molecule is CCc1cccc(CC)c1C1(N)CCCC1. The average Bonchev–Trinajstić information content (AvgIpc) is 2.76. The summed E-state index contributed by atoms with van der Waals surface area (Å²) in [5.41, 5.74) is 11.0. The molecule has 1 heteroatoms. The van der Waals surface area contributed by atoms with Crippen LogP contribution in [-0.2, 0) is 18.4 Å². The molecule has 0 bridgehead atoms. The van der Waals surface area contributed by atoms with Crippen LogP contribution in [0.2, 0.25) is 0 Å². The van der Waals surface area contributed by atoms with Crippen LogP contribution in [0.25, 0.3) is 0 Å². The quantitative estimate of drug-likeness (QED) is 0.823. The van der Waals surface area contributed by atoms with Crippen LogP contribution in [0.15, 0.2) is 18.2 Å². The highest BCUT2D eigenvalue weighted by atomic mass is 14.8. The van der Waals surface area contributed by atoms with Crippen LogP contribution in [0.5, 0.6) is 0 Å². The van der Waals surface area contributed by atoms with Gasteiger partial charge >= 0.3 is 0 Å². The lowest BCUT2D eigenvalue weighted by Gasteiger charge is -2.29. The molecule has 0 saturated heterocycles. The van der Waals surface area contributed by atoms with E-state index >= 15 is 0 Å². The van der Waals surface area contributed by atoms with Crippen molar-refractivity contribution >= 4 is 0 Å². The lowest BCUT2D eigenvalue weighted by Crippen LogP contribution is -2.35. The number of hydrogen-bond acceptors (Lipinski definition) is 1. The minimum Gasteiger partial charge on any atom is -0.321 e. The van der Waals surface area contributed by atoms with Gasteiger partial charge in [0.2, 0.25) is 0 Å². The second kappa shape index (κ2) is 4.58. The molecule has 0 heterocycles. The van der Waals surface area contributed by atoms with Crippen LogP contribution in [0.4, 0.5) is 0 Å². The van der Waals surface area contributed by atoms with Gasteiger partial charge in [0.1, 0.15) is 0 Å². The van der Waals surface area contributed by atoms with Crippen LogP contribution in [0.1, 0.15) is 56.2 Å². The minimum atomic E-state index is -0.0298. The van der Waals surface area contributed by atoms with Gasteiger partial charge in [0.15, 0.2) is 0 Å². The molecule has 0 radical (unpaired) electrons. The van der Waals surface area contributed by atoms with Crippen LogP contribution in [0.3, 0.4) is 0 Å². The number of nitrogens with two attached hydrogens (primary N) is 1. The molecule has 1 nitrogen and oxygen atoms in total. The average molecular weight is 217 g/mol. The highest BCUT2D eigenvalue weighted by Gasteiger charge is 2.34. The Morgan fingerprint density at radius 2 is 1.56 bits per heavy atom. The van der Waals surface area contributed by atoms with Crippen molar-refractivity contribution in [1.29, 1.82) is 0 Å². The predicted octanol–water partition coefficient (Wildman–Crippen LogP) is 3.54. The Hall–Kier alpha value is -0.820. The predicted molar refractivity (Wildman–Crippen MR) is 69.5 cm³/mol. The smallest absolute Gasteiger partial charge is 0.0415 e. The molecule has 0 aromatic heterocycles. The summed E-state index contributed by atoms with van der Waals surface area (Å²) in [6.07, 6.45) is 7.10. The van der Waals surface area contributed by atoms with Gasteiger partial charge < -0.3 is 5.73 Å². The van der Waals surface area contributed by atoms with Gasteiger partial charge in [-0.2, -0.15) is 0 Å². The molecule has 2 N–H and O–H groups in total. The first-order valence-corrected chi connectivity index (χ1v) is 6.61. The molecule has 2 rings (SSSR count). The molecular formula is C15H23N. The molecule has 0 aliphatic heterocycles. The highest BCUT2D eigenvalue weighted by Crippen LogP contribution is 2.39. The summed E-state index contributed by atoms with van der Waals surface area (Å²) in [7, 11) is 0. The number of hydrogen-bond donors (Lipinski definition) is 1. The van der Waals surface area contributed by atoms with Gasteiger partial charge in [0, 0.05) is 5.54 Å². The Labute approximate surface area is 99.0 Å². The van der Waals surface area contributed by atoms with E-state index in [0.717, 1.165) is 25.7 Å². The Balaban J connectivity index is 2.51. The highest BCUT2D eigenvalue weighted by molar-refractivity contribution is 5.41. The Morgan fingerprint density at radius 3 is 2.00 bits per heavy atom. The largest absolute Gasteiger partial charge is 0.321 e. The lowest BCUT2D eigenvalue weighted by molar-refractivity contribution is 0.453. The molecule has 16 heavy (non-hydrogen) atoms. The van der Waals surface area contributed by atoms with Gasteiger partial charge in [-0.05, 0) is 42.4 Å². The third kappa shape index (κ3) is 1.89. The zero-order chi connectivity index (χ0) is 11.6. The fraction of sp³-hybridized carbons (Fsp3) is 0.600. The van der Waals surface area contributed by atoms with Gasteiger partial charge in [-0.15, -0.1) is 0 Å². The number of rotatable bonds is 3. The monoisotopic (exact) mass is 217 g/mol. The molecule has 1 aromatic carbocycles. The van der Waals surface area contributed by atoms with Crippen molar-refractivity contribution in [3.05, 3.63) is 34.9 Å². The number of benzene rings is 1. The lowest BCUT2D eigenvalue weighted by atomic mass is 9.81. The van der Waals surface area contributed by atoms with Crippen molar-refractivity contribution < 1.29 is 0 Å². The zero-order valence-electron chi connectivity index (χ0n) is 10.6.